The Balaban J connectivity index is 0.00000312. The predicted molar refractivity (Wildman–Crippen MR) is 116 cm³/mol. The molecule has 3 N–H and O–H groups in total. The first-order valence-corrected chi connectivity index (χ1v) is 8.94. The number of nitrogens with zero attached hydrogens (tertiary/aromatic N) is 1. The van der Waals surface area contributed by atoms with Crippen LogP contribution in [0.3, 0.4) is 0 Å². The largest absolute Gasteiger partial charge is 0.373 e. The molecule has 6 nitrogen and oxygen atoms in total. The van der Waals surface area contributed by atoms with Crippen molar-refractivity contribution >= 4 is 57.5 Å². The number of halogens is 2. The number of nitrogens with one attached hydrogen (secondary N) is 3. The minimum atomic E-state index is -0.128. The summed E-state index contributed by atoms with van der Waals surface area (Å²) >= 11 is 3.37. The molecule has 1 aromatic rings. The summed E-state index contributed by atoms with van der Waals surface area (Å²) in [6, 6.07) is 7.51. The molecule has 1 atom stereocenters. The van der Waals surface area contributed by atoms with Gasteiger partial charge in [0.1, 0.15) is 0 Å². The van der Waals surface area contributed by atoms with E-state index in [2.05, 4.69) is 43.8 Å². The molecule has 0 bridgehead atoms. The number of benzene rings is 1. The summed E-state index contributed by atoms with van der Waals surface area (Å²) in [7, 11) is 1.72. The Kier molecular flexibility index (Phi) is 9.73. The topological polar surface area (TPSA) is 74.8 Å². The first-order chi connectivity index (χ1) is 11.5. The lowest BCUT2D eigenvalue weighted by atomic mass is 10.0. The Hall–Kier alpha value is -0.870. The third-order valence-electron chi connectivity index (χ3n) is 3.93. The van der Waals surface area contributed by atoms with Gasteiger partial charge in [-0.3, -0.25) is 9.79 Å². The second-order valence-corrected chi connectivity index (χ2v) is 6.98. The van der Waals surface area contributed by atoms with Crippen molar-refractivity contribution < 1.29 is 9.53 Å². The Morgan fingerprint density at radius 2 is 2.04 bits per heavy atom. The predicted octanol–water partition coefficient (Wildman–Crippen LogP) is 3.13. The maximum Gasteiger partial charge on any atom is 0.226 e. The van der Waals surface area contributed by atoms with Crippen molar-refractivity contribution in [2.75, 3.05) is 32.1 Å². The maximum atomic E-state index is 11.9. The Bertz CT molecular complexity index is 575. The molecule has 1 amide bonds. The van der Waals surface area contributed by atoms with Crippen LogP contribution in [-0.2, 0) is 9.53 Å². The average Bonchev–Trinajstić information content (AvgIpc) is 3.00. The molecule has 0 aromatic heterocycles. The zero-order chi connectivity index (χ0) is 17.4. The minimum absolute atomic E-state index is 0. The van der Waals surface area contributed by atoms with E-state index >= 15 is 0 Å². The van der Waals surface area contributed by atoms with Gasteiger partial charge in [-0.2, -0.15) is 0 Å². The maximum absolute atomic E-state index is 11.9. The van der Waals surface area contributed by atoms with Crippen LogP contribution in [-0.4, -0.2) is 44.2 Å². The molecule has 8 heteroatoms. The second kappa shape index (κ2) is 11.0. The number of amides is 1. The molecule has 1 fully saturated rings. The summed E-state index contributed by atoms with van der Waals surface area (Å²) < 4.78 is 6.72. The molecule has 0 aliphatic carbocycles. The molecule has 1 unspecified atom stereocenters. The highest BCUT2D eigenvalue weighted by Gasteiger charge is 2.29. The SMILES string of the molecule is CN=C(NCCC(=O)Nc1ccc(Br)cc1)NCC1(C)CCCO1.I. The highest BCUT2D eigenvalue weighted by Crippen LogP contribution is 2.23. The van der Waals surface area contributed by atoms with Gasteiger partial charge in [0.15, 0.2) is 5.96 Å². The Morgan fingerprint density at radius 1 is 1.32 bits per heavy atom. The third kappa shape index (κ3) is 7.91. The van der Waals surface area contributed by atoms with Gasteiger partial charge in [-0.05, 0) is 44.0 Å². The van der Waals surface area contributed by atoms with Gasteiger partial charge >= 0.3 is 0 Å². The number of carbonyl (C=O) groups excluding carboxylic acids is 1. The van der Waals surface area contributed by atoms with Gasteiger partial charge in [-0.25, -0.2) is 0 Å². The van der Waals surface area contributed by atoms with Gasteiger partial charge < -0.3 is 20.7 Å². The van der Waals surface area contributed by atoms with Gasteiger partial charge in [0.25, 0.3) is 0 Å². The lowest BCUT2D eigenvalue weighted by Crippen LogP contribution is -2.46. The monoisotopic (exact) mass is 524 g/mol. The highest BCUT2D eigenvalue weighted by atomic mass is 127. The van der Waals surface area contributed by atoms with E-state index in [-0.39, 0.29) is 35.5 Å². The van der Waals surface area contributed by atoms with Crippen LogP contribution in [0.5, 0.6) is 0 Å². The molecule has 0 radical (unpaired) electrons. The lowest BCUT2D eigenvalue weighted by Gasteiger charge is -2.24. The van der Waals surface area contributed by atoms with Crippen molar-refractivity contribution in [3.8, 4) is 0 Å². The Labute approximate surface area is 174 Å². The van der Waals surface area contributed by atoms with E-state index in [1.807, 2.05) is 24.3 Å². The van der Waals surface area contributed by atoms with E-state index in [1.54, 1.807) is 7.05 Å². The summed E-state index contributed by atoms with van der Waals surface area (Å²) in [5.74, 6) is 0.648. The van der Waals surface area contributed by atoms with Gasteiger partial charge in [0.2, 0.25) is 5.91 Å². The van der Waals surface area contributed by atoms with Gasteiger partial charge in [-0.15, -0.1) is 24.0 Å². The third-order valence-corrected chi connectivity index (χ3v) is 4.46. The zero-order valence-electron chi connectivity index (χ0n) is 14.6. The number of anilines is 1. The van der Waals surface area contributed by atoms with Gasteiger partial charge in [0, 0.05) is 43.3 Å². The quantitative estimate of drug-likeness (QED) is 0.303. The molecule has 0 spiro atoms. The normalized spacial score (nSPS) is 19.9. The number of rotatable bonds is 6. The molecule has 1 heterocycles. The molecule has 140 valence electrons. The van der Waals surface area contributed by atoms with Gasteiger partial charge in [0.05, 0.1) is 5.60 Å². The summed E-state index contributed by atoms with van der Waals surface area (Å²) in [6.07, 6.45) is 2.51. The molecule has 1 aliphatic heterocycles. The first-order valence-electron chi connectivity index (χ1n) is 8.15. The van der Waals surface area contributed by atoms with E-state index in [1.165, 1.54) is 0 Å². The van der Waals surface area contributed by atoms with Crippen LogP contribution >= 0.6 is 39.9 Å². The van der Waals surface area contributed by atoms with Crippen molar-refractivity contribution in [2.24, 2.45) is 4.99 Å². The molecule has 1 aliphatic rings. The summed E-state index contributed by atoms with van der Waals surface area (Å²) in [5.41, 5.74) is 0.661. The van der Waals surface area contributed by atoms with Crippen molar-refractivity contribution in [1.82, 2.24) is 10.6 Å². The first kappa shape index (κ1) is 22.2. The number of carbonyl (C=O) groups is 1. The van der Waals surface area contributed by atoms with Crippen LogP contribution in [0, 0.1) is 0 Å². The van der Waals surface area contributed by atoms with Crippen molar-refractivity contribution in [2.45, 2.75) is 31.8 Å². The standard InChI is InChI=1S/C17H25BrN4O2.HI/c1-17(9-3-11-24-17)12-21-16(19-2)20-10-8-15(23)22-14-6-4-13(18)5-7-14;/h4-7H,3,8-12H2,1-2H3,(H,22,23)(H2,19,20,21);1H. The molecule has 25 heavy (non-hydrogen) atoms. The fourth-order valence-corrected chi connectivity index (χ4v) is 2.78. The average molecular weight is 525 g/mol. The number of hydrogen-bond acceptors (Lipinski definition) is 3. The number of guanidine groups is 1. The van der Waals surface area contributed by atoms with E-state index in [9.17, 15) is 4.79 Å². The molecule has 0 saturated carbocycles. The van der Waals surface area contributed by atoms with Crippen LogP contribution in [0.1, 0.15) is 26.2 Å². The molecule has 1 saturated heterocycles. The summed E-state index contributed by atoms with van der Waals surface area (Å²) in [5, 5.41) is 9.27. The molecular weight excluding hydrogens is 499 g/mol. The number of hydrogen-bond donors (Lipinski definition) is 3. The highest BCUT2D eigenvalue weighted by molar-refractivity contribution is 14.0. The van der Waals surface area contributed by atoms with E-state index in [4.69, 9.17) is 4.74 Å². The number of ether oxygens (including phenoxy) is 1. The lowest BCUT2D eigenvalue weighted by molar-refractivity contribution is -0.116. The smallest absolute Gasteiger partial charge is 0.226 e. The second-order valence-electron chi connectivity index (χ2n) is 6.06. The zero-order valence-corrected chi connectivity index (χ0v) is 18.5. The molecule has 1 aromatic carbocycles. The Morgan fingerprint density at radius 3 is 2.64 bits per heavy atom. The van der Waals surface area contributed by atoms with E-state index in [0.717, 1.165) is 29.6 Å². The number of aliphatic imine (C=N–C) groups is 1. The van der Waals surface area contributed by atoms with Crippen molar-refractivity contribution in [1.29, 1.82) is 0 Å². The van der Waals surface area contributed by atoms with Crippen molar-refractivity contribution in [3.63, 3.8) is 0 Å². The van der Waals surface area contributed by atoms with E-state index in [0.29, 0.717) is 25.5 Å². The summed E-state index contributed by atoms with van der Waals surface area (Å²) in [4.78, 5) is 16.1. The molecular formula is C17H26BrIN4O2. The van der Waals surface area contributed by atoms with Crippen molar-refractivity contribution in [3.05, 3.63) is 28.7 Å². The van der Waals surface area contributed by atoms with Crippen LogP contribution < -0.4 is 16.0 Å². The van der Waals surface area contributed by atoms with Crippen LogP contribution in [0.2, 0.25) is 0 Å². The van der Waals surface area contributed by atoms with Gasteiger partial charge in [-0.1, -0.05) is 15.9 Å². The van der Waals surface area contributed by atoms with Crippen LogP contribution in [0.15, 0.2) is 33.7 Å². The van der Waals surface area contributed by atoms with Crippen LogP contribution in [0.25, 0.3) is 0 Å². The minimum Gasteiger partial charge on any atom is -0.373 e. The van der Waals surface area contributed by atoms with E-state index < -0.39 is 0 Å². The fourth-order valence-electron chi connectivity index (χ4n) is 2.52. The fraction of sp³-hybridized carbons (Fsp3) is 0.529. The molecule has 2 rings (SSSR count). The summed E-state index contributed by atoms with van der Waals surface area (Å²) in [6.45, 7) is 4.14. The van der Waals surface area contributed by atoms with Crippen LogP contribution in [0.4, 0.5) is 5.69 Å².